The van der Waals surface area contributed by atoms with Crippen molar-refractivity contribution in [3.8, 4) is 11.8 Å². The molecule has 0 heterocycles. The normalized spacial score (nSPS) is 11.4. The summed E-state index contributed by atoms with van der Waals surface area (Å²) in [6, 6.07) is 5.66. The van der Waals surface area contributed by atoms with Crippen molar-refractivity contribution in [1.29, 1.82) is 0 Å². The van der Waals surface area contributed by atoms with E-state index in [-0.39, 0.29) is 18.6 Å². The lowest BCUT2D eigenvalue weighted by Crippen LogP contribution is -2.34. The summed E-state index contributed by atoms with van der Waals surface area (Å²) in [4.78, 5) is 12.1. The van der Waals surface area contributed by atoms with E-state index in [1.165, 1.54) is 0 Å². The number of nitrogens with one attached hydrogen (secondary N) is 1. The fourth-order valence-electron chi connectivity index (χ4n) is 1.71. The predicted octanol–water partition coefficient (Wildman–Crippen LogP) is 2.21. The minimum Gasteiger partial charge on any atom is -0.395 e. The molecule has 0 saturated heterocycles. The number of benzene rings is 1. The Morgan fingerprint density at radius 3 is 2.90 bits per heavy atom. The largest absolute Gasteiger partial charge is 0.395 e. The maximum Gasteiger partial charge on any atom is 0.251 e. The van der Waals surface area contributed by atoms with Crippen molar-refractivity contribution >= 4 is 17.7 Å². The number of aliphatic hydroxyl groups is 1. The van der Waals surface area contributed by atoms with Crippen LogP contribution in [-0.4, -0.2) is 35.7 Å². The molecule has 108 valence electrons. The Kier molecular flexibility index (Phi) is 7.21. The standard InChI is InChI=1S/C16H21NO2S/c1-12-7-8-15(10-14(12)6-4-5-9-18)16(19)17-13(2)11-20-3/h7-8,10,13,18H,5,9,11H2,1-3H3,(H,17,19). The number of amides is 1. The van der Waals surface area contributed by atoms with Crippen LogP contribution in [0.25, 0.3) is 0 Å². The Morgan fingerprint density at radius 1 is 1.50 bits per heavy atom. The summed E-state index contributed by atoms with van der Waals surface area (Å²) in [6.45, 7) is 4.00. The molecule has 0 aromatic heterocycles. The van der Waals surface area contributed by atoms with E-state index in [1.54, 1.807) is 17.8 Å². The third-order valence-electron chi connectivity index (χ3n) is 2.75. The molecule has 0 bridgehead atoms. The van der Waals surface area contributed by atoms with Crippen LogP contribution in [0.4, 0.5) is 0 Å². The molecule has 1 aromatic carbocycles. The number of hydrogen-bond acceptors (Lipinski definition) is 3. The molecule has 0 saturated carbocycles. The first-order valence-corrected chi connectivity index (χ1v) is 7.98. The molecular weight excluding hydrogens is 270 g/mol. The lowest BCUT2D eigenvalue weighted by atomic mass is 10.0. The highest BCUT2D eigenvalue weighted by atomic mass is 32.2. The molecule has 1 atom stereocenters. The molecule has 1 aromatic rings. The first kappa shape index (κ1) is 16.6. The number of hydrogen-bond donors (Lipinski definition) is 2. The molecule has 4 heteroatoms. The Labute approximate surface area is 125 Å². The number of aliphatic hydroxyl groups excluding tert-OH is 1. The number of carbonyl (C=O) groups excluding carboxylic acids is 1. The van der Waals surface area contributed by atoms with Crippen LogP contribution in [0.2, 0.25) is 0 Å². The SMILES string of the molecule is CSCC(C)NC(=O)c1ccc(C)c(C#CCCO)c1. The van der Waals surface area contributed by atoms with Gasteiger partial charge in [-0.25, -0.2) is 0 Å². The first-order chi connectivity index (χ1) is 9.58. The quantitative estimate of drug-likeness (QED) is 0.818. The van der Waals surface area contributed by atoms with Crippen LogP contribution in [0, 0.1) is 18.8 Å². The predicted molar refractivity (Wildman–Crippen MR) is 85.1 cm³/mol. The van der Waals surface area contributed by atoms with Gasteiger partial charge in [0.25, 0.3) is 5.91 Å². The smallest absolute Gasteiger partial charge is 0.251 e. The van der Waals surface area contributed by atoms with E-state index in [9.17, 15) is 4.79 Å². The van der Waals surface area contributed by atoms with Crippen LogP contribution in [-0.2, 0) is 0 Å². The molecule has 0 spiro atoms. The summed E-state index contributed by atoms with van der Waals surface area (Å²) >= 11 is 1.71. The van der Waals surface area contributed by atoms with Crippen molar-refractivity contribution in [2.75, 3.05) is 18.6 Å². The molecule has 20 heavy (non-hydrogen) atoms. The molecule has 3 nitrogen and oxygen atoms in total. The monoisotopic (exact) mass is 291 g/mol. The molecule has 1 rings (SSSR count). The lowest BCUT2D eigenvalue weighted by molar-refractivity contribution is 0.0943. The van der Waals surface area contributed by atoms with Crippen LogP contribution in [0.15, 0.2) is 18.2 Å². The van der Waals surface area contributed by atoms with Crippen molar-refractivity contribution in [3.05, 3.63) is 34.9 Å². The maximum atomic E-state index is 12.1. The molecule has 2 N–H and O–H groups in total. The summed E-state index contributed by atoms with van der Waals surface area (Å²) < 4.78 is 0. The van der Waals surface area contributed by atoms with Gasteiger partial charge in [0, 0.05) is 29.3 Å². The van der Waals surface area contributed by atoms with Gasteiger partial charge in [-0.15, -0.1) is 0 Å². The summed E-state index contributed by atoms with van der Waals surface area (Å²) in [7, 11) is 0. The van der Waals surface area contributed by atoms with Crippen LogP contribution < -0.4 is 5.32 Å². The number of aryl methyl sites for hydroxylation is 1. The lowest BCUT2D eigenvalue weighted by Gasteiger charge is -2.13. The van der Waals surface area contributed by atoms with Crippen LogP contribution in [0.3, 0.4) is 0 Å². The average molecular weight is 291 g/mol. The molecular formula is C16H21NO2S. The van der Waals surface area contributed by atoms with Gasteiger partial charge >= 0.3 is 0 Å². The first-order valence-electron chi connectivity index (χ1n) is 6.58. The second-order valence-electron chi connectivity index (χ2n) is 4.63. The van der Waals surface area contributed by atoms with E-state index in [2.05, 4.69) is 17.2 Å². The van der Waals surface area contributed by atoms with E-state index in [4.69, 9.17) is 5.11 Å². The minimum atomic E-state index is -0.0724. The second-order valence-corrected chi connectivity index (χ2v) is 5.55. The van der Waals surface area contributed by atoms with E-state index >= 15 is 0 Å². The number of thioether (sulfide) groups is 1. The van der Waals surface area contributed by atoms with E-state index in [0.29, 0.717) is 12.0 Å². The topological polar surface area (TPSA) is 49.3 Å². The van der Waals surface area contributed by atoms with Crippen molar-refractivity contribution < 1.29 is 9.90 Å². The Bertz CT molecular complexity index is 517. The zero-order valence-electron chi connectivity index (χ0n) is 12.2. The van der Waals surface area contributed by atoms with E-state index in [1.807, 2.05) is 32.2 Å². The van der Waals surface area contributed by atoms with Crippen molar-refractivity contribution in [2.45, 2.75) is 26.3 Å². The van der Waals surface area contributed by atoms with Gasteiger partial charge in [0.15, 0.2) is 0 Å². The summed E-state index contributed by atoms with van der Waals surface area (Å²) in [5, 5.41) is 11.7. The molecule has 0 aliphatic heterocycles. The van der Waals surface area contributed by atoms with Gasteiger partial charge in [0.2, 0.25) is 0 Å². The van der Waals surface area contributed by atoms with Gasteiger partial charge in [-0.1, -0.05) is 17.9 Å². The van der Waals surface area contributed by atoms with Gasteiger partial charge in [-0.2, -0.15) is 11.8 Å². The molecule has 0 fully saturated rings. The average Bonchev–Trinajstić information content (AvgIpc) is 2.41. The van der Waals surface area contributed by atoms with Crippen molar-refractivity contribution in [3.63, 3.8) is 0 Å². The highest BCUT2D eigenvalue weighted by molar-refractivity contribution is 7.98. The maximum absolute atomic E-state index is 12.1. The molecule has 1 amide bonds. The molecule has 0 radical (unpaired) electrons. The second kappa shape index (κ2) is 8.68. The number of carbonyl (C=O) groups is 1. The van der Waals surface area contributed by atoms with Crippen molar-refractivity contribution in [1.82, 2.24) is 5.32 Å². The van der Waals surface area contributed by atoms with Gasteiger partial charge in [0.05, 0.1) is 6.61 Å². The van der Waals surface area contributed by atoms with Crippen molar-refractivity contribution in [2.24, 2.45) is 0 Å². The van der Waals surface area contributed by atoms with Gasteiger partial charge in [0.1, 0.15) is 0 Å². The zero-order chi connectivity index (χ0) is 15.0. The molecule has 0 aliphatic rings. The third kappa shape index (κ3) is 5.28. The van der Waals surface area contributed by atoms with Gasteiger partial charge in [-0.05, 0) is 37.8 Å². The van der Waals surface area contributed by atoms with Gasteiger partial charge < -0.3 is 10.4 Å². The van der Waals surface area contributed by atoms with E-state index < -0.39 is 0 Å². The fraction of sp³-hybridized carbons (Fsp3) is 0.438. The highest BCUT2D eigenvalue weighted by Gasteiger charge is 2.10. The zero-order valence-corrected chi connectivity index (χ0v) is 13.0. The summed E-state index contributed by atoms with van der Waals surface area (Å²) in [6.07, 6.45) is 2.46. The molecule has 1 unspecified atom stereocenters. The number of rotatable bonds is 5. The fourth-order valence-corrected chi connectivity index (χ4v) is 2.29. The Morgan fingerprint density at radius 2 is 2.25 bits per heavy atom. The summed E-state index contributed by atoms with van der Waals surface area (Å²) in [5.41, 5.74) is 2.49. The van der Waals surface area contributed by atoms with Crippen LogP contribution in [0.5, 0.6) is 0 Å². The Balaban J connectivity index is 2.84. The highest BCUT2D eigenvalue weighted by Crippen LogP contribution is 2.11. The van der Waals surface area contributed by atoms with E-state index in [0.717, 1.165) is 16.9 Å². The van der Waals surface area contributed by atoms with Gasteiger partial charge in [-0.3, -0.25) is 4.79 Å². The molecule has 0 aliphatic carbocycles. The van der Waals surface area contributed by atoms with Crippen LogP contribution >= 0.6 is 11.8 Å². The summed E-state index contributed by atoms with van der Waals surface area (Å²) in [5.74, 6) is 6.70. The Hall–Kier alpha value is -1.44. The minimum absolute atomic E-state index is 0.0540. The van der Waals surface area contributed by atoms with Crippen LogP contribution in [0.1, 0.15) is 34.8 Å². The third-order valence-corrected chi connectivity index (χ3v) is 3.59.